The first kappa shape index (κ1) is 15.4. The summed E-state index contributed by atoms with van der Waals surface area (Å²) >= 11 is 5.92. The second kappa shape index (κ2) is 7.72. The third-order valence-corrected chi connectivity index (χ3v) is 3.12. The van der Waals surface area contributed by atoms with Crippen molar-refractivity contribution in [2.45, 2.75) is 20.4 Å². The van der Waals surface area contributed by atoms with Gasteiger partial charge in [-0.25, -0.2) is 4.39 Å². The molecular formula is C14H22ClFN2. The van der Waals surface area contributed by atoms with E-state index in [0.717, 1.165) is 25.2 Å². The molecule has 0 aliphatic heterocycles. The Balaban J connectivity index is 2.35. The molecule has 2 nitrogen and oxygen atoms in total. The predicted octanol–water partition coefficient (Wildman–Crippen LogP) is 3.16. The van der Waals surface area contributed by atoms with E-state index in [1.54, 1.807) is 6.07 Å². The first-order chi connectivity index (χ1) is 8.50. The van der Waals surface area contributed by atoms with E-state index in [0.29, 0.717) is 12.5 Å². The Morgan fingerprint density at radius 2 is 2.11 bits per heavy atom. The maximum atomic E-state index is 13.3. The molecule has 0 amide bonds. The Morgan fingerprint density at radius 3 is 2.78 bits per heavy atom. The van der Waals surface area contributed by atoms with Crippen LogP contribution in [0.15, 0.2) is 18.2 Å². The molecule has 1 rings (SSSR count). The van der Waals surface area contributed by atoms with Crippen LogP contribution in [-0.2, 0) is 6.54 Å². The van der Waals surface area contributed by atoms with Gasteiger partial charge in [0, 0.05) is 19.6 Å². The van der Waals surface area contributed by atoms with Gasteiger partial charge in [0.25, 0.3) is 0 Å². The quantitative estimate of drug-likeness (QED) is 0.767. The van der Waals surface area contributed by atoms with E-state index >= 15 is 0 Å². The lowest BCUT2D eigenvalue weighted by Gasteiger charge is -2.18. The van der Waals surface area contributed by atoms with E-state index in [-0.39, 0.29) is 10.8 Å². The van der Waals surface area contributed by atoms with E-state index < -0.39 is 0 Å². The molecule has 18 heavy (non-hydrogen) atoms. The number of hydrogen-bond donors (Lipinski definition) is 1. The van der Waals surface area contributed by atoms with Crippen LogP contribution in [0.4, 0.5) is 4.39 Å². The SMILES string of the molecule is CC(C)CNCCN(C)Cc1cccc(F)c1Cl. The van der Waals surface area contributed by atoms with Crippen LogP contribution in [-0.4, -0.2) is 31.6 Å². The number of nitrogens with zero attached hydrogens (tertiary/aromatic N) is 1. The summed E-state index contributed by atoms with van der Waals surface area (Å²) in [7, 11) is 2.01. The van der Waals surface area contributed by atoms with Crippen molar-refractivity contribution in [1.29, 1.82) is 0 Å². The van der Waals surface area contributed by atoms with Crippen molar-refractivity contribution < 1.29 is 4.39 Å². The maximum absolute atomic E-state index is 13.3. The van der Waals surface area contributed by atoms with E-state index in [4.69, 9.17) is 11.6 Å². The lowest BCUT2D eigenvalue weighted by molar-refractivity contribution is 0.321. The molecule has 1 aromatic rings. The zero-order valence-corrected chi connectivity index (χ0v) is 12.1. The molecular weight excluding hydrogens is 251 g/mol. The van der Waals surface area contributed by atoms with Crippen LogP contribution in [0.25, 0.3) is 0 Å². The molecule has 0 spiro atoms. The third-order valence-electron chi connectivity index (χ3n) is 2.69. The zero-order valence-electron chi connectivity index (χ0n) is 11.3. The van der Waals surface area contributed by atoms with Gasteiger partial charge in [-0.15, -0.1) is 0 Å². The van der Waals surface area contributed by atoms with Gasteiger partial charge < -0.3 is 10.2 Å². The van der Waals surface area contributed by atoms with Gasteiger partial charge >= 0.3 is 0 Å². The fourth-order valence-corrected chi connectivity index (χ4v) is 1.89. The van der Waals surface area contributed by atoms with Crippen LogP contribution < -0.4 is 5.32 Å². The summed E-state index contributed by atoms with van der Waals surface area (Å²) in [5.41, 5.74) is 0.836. The molecule has 0 saturated heterocycles. The molecule has 102 valence electrons. The number of nitrogens with one attached hydrogen (secondary N) is 1. The van der Waals surface area contributed by atoms with Crippen molar-refractivity contribution in [1.82, 2.24) is 10.2 Å². The molecule has 0 aliphatic carbocycles. The molecule has 0 unspecified atom stereocenters. The van der Waals surface area contributed by atoms with Crippen LogP contribution in [0.1, 0.15) is 19.4 Å². The second-order valence-corrected chi connectivity index (χ2v) is 5.43. The Kier molecular flexibility index (Phi) is 6.61. The highest BCUT2D eigenvalue weighted by molar-refractivity contribution is 6.31. The van der Waals surface area contributed by atoms with Crippen LogP contribution in [0.2, 0.25) is 5.02 Å². The molecule has 1 N–H and O–H groups in total. The molecule has 0 aliphatic rings. The normalized spacial score (nSPS) is 11.5. The minimum atomic E-state index is -0.347. The fraction of sp³-hybridized carbons (Fsp3) is 0.571. The van der Waals surface area contributed by atoms with Gasteiger partial charge in [-0.05, 0) is 31.1 Å². The van der Waals surface area contributed by atoms with E-state index in [1.807, 2.05) is 13.1 Å². The minimum absolute atomic E-state index is 0.236. The molecule has 0 heterocycles. The maximum Gasteiger partial charge on any atom is 0.142 e. The molecule has 4 heteroatoms. The number of likely N-dealkylation sites (N-methyl/N-ethyl adjacent to an activating group) is 1. The smallest absolute Gasteiger partial charge is 0.142 e. The van der Waals surface area contributed by atoms with Gasteiger partial charge in [-0.1, -0.05) is 37.6 Å². The highest BCUT2D eigenvalue weighted by atomic mass is 35.5. The van der Waals surface area contributed by atoms with Crippen molar-refractivity contribution in [2.75, 3.05) is 26.7 Å². The number of halogens is 2. The van der Waals surface area contributed by atoms with Crippen LogP contribution in [0, 0.1) is 11.7 Å². The van der Waals surface area contributed by atoms with Crippen molar-refractivity contribution in [3.05, 3.63) is 34.6 Å². The molecule has 0 aromatic heterocycles. The van der Waals surface area contributed by atoms with Crippen LogP contribution in [0.5, 0.6) is 0 Å². The summed E-state index contributed by atoms with van der Waals surface area (Å²) in [6.45, 7) is 7.90. The standard InChI is InChI=1S/C14H22ClFN2/c1-11(2)9-17-7-8-18(3)10-12-5-4-6-13(16)14(12)15/h4-6,11,17H,7-10H2,1-3H3. The van der Waals surface area contributed by atoms with Gasteiger partial charge in [0.05, 0.1) is 5.02 Å². The summed E-state index contributed by atoms with van der Waals surface area (Å²) in [5, 5.41) is 3.61. The van der Waals surface area contributed by atoms with Gasteiger partial charge in [0.1, 0.15) is 5.82 Å². The Labute approximate surface area is 114 Å². The molecule has 0 radical (unpaired) electrons. The summed E-state index contributed by atoms with van der Waals surface area (Å²) in [6, 6.07) is 4.95. The average Bonchev–Trinajstić information content (AvgIpc) is 2.30. The van der Waals surface area contributed by atoms with Crippen molar-refractivity contribution in [3.63, 3.8) is 0 Å². The molecule has 0 atom stereocenters. The van der Waals surface area contributed by atoms with Crippen LogP contribution in [0.3, 0.4) is 0 Å². The summed E-state index contributed by atoms with van der Waals surface area (Å²) in [6.07, 6.45) is 0. The number of rotatable bonds is 7. The lowest BCUT2D eigenvalue weighted by atomic mass is 10.2. The van der Waals surface area contributed by atoms with Crippen molar-refractivity contribution in [2.24, 2.45) is 5.92 Å². The van der Waals surface area contributed by atoms with Crippen molar-refractivity contribution >= 4 is 11.6 Å². The first-order valence-electron chi connectivity index (χ1n) is 6.33. The summed E-state index contributed by atoms with van der Waals surface area (Å²) < 4.78 is 13.3. The summed E-state index contributed by atoms with van der Waals surface area (Å²) in [4.78, 5) is 2.13. The van der Waals surface area contributed by atoms with Gasteiger partial charge in [0.15, 0.2) is 0 Å². The minimum Gasteiger partial charge on any atom is -0.315 e. The Morgan fingerprint density at radius 1 is 1.39 bits per heavy atom. The average molecular weight is 273 g/mol. The highest BCUT2D eigenvalue weighted by Gasteiger charge is 2.07. The molecule has 0 bridgehead atoms. The van der Waals surface area contributed by atoms with Crippen LogP contribution >= 0.6 is 11.6 Å². The third kappa shape index (κ3) is 5.34. The molecule has 0 saturated carbocycles. The molecule has 0 fully saturated rings. The summed E-state index contributed by atoms with van der Waals surface area (Å²) in [5.74, 6) is 0.313. The fourth-order valence-electron chi connectivity index (χ4n) is 1.70. The van der Waals surface area contributed by atoms with E-state index in [1.165, 1.54) is 6.07 Å². The highest BCUT2D eigenvalue weighted by Crippen LogP contribution is 2.20. The first-order valence-corrected chi connectivity index (χ1v) is 6.70. The number of hydrogen-bond acceptors (Lipinski definition) is 2. The zero-order chi connectivity index (χ0) is 13.5. The van der Waals surface area contributed by atoms with Gasteiger partial charge in [-0.3, -0.25) is 0 Å². The topological polar surface area (TPSA) is 15.3 Å². The number of benzene rings is 1. The largest absolute Gasteiger partial charge is 0.315 e. The monoisotopic (exact) mass is 272 g/mol. The lowest BCUT2D eigenvalue weighted by Crippen LogP contribution is -2.30. The van der Waals surface area contributed by atoms with Gasteiger partial charge in [0.2, 0.25) is 0 Å². The predicted molar refractivity (Wildman–Crippen MR) is 75.5 cm³/mol. The van der Waals surface area contributed by atoms with E-state index in [2.05, 4.69) is 24.1 Å². The van der Waals surface area contributed by atoms with E-state index in [9.17, 15) is 4.39 Å². The molecule has 1 aromatic carbocycles. The van der Waals surface area contributed by atoms with Gasteiger partial charge in [-0.2, -0.15) is 0 Å². The Hall–Kier alpha value is -0.640. The van der Waals surface area contributed by atoms with Crippen molar-refractivity contribution in [3.8, 4) is 0 Å². The second-order valence-electron chi connectivity index (χ2n) is 5.05. The Bertz CT molecular complexity index is 369.